The van der Waals surface area contributed by atoms with Gasteiger partial charge in [-0.05, 0) is 23.7 Å². The van der Waals surface area contributed by atoms with Crippen LogP contribution in [-0.4, -0.2) is 13.7 Å². The molecule has 0 saturated heterocycles. The third-order valence-electron chi connectivity index (χ3n) is 1.68. The Morgan fingerprint density at radius 1 is 1.60 bits per heavy atom. The summed E-state index contributed by atoms with van der Waals surface area (Å²) in [6.45, 7) is 0.155. The summed E-state index contributed by atoms with van der Waals surface area (Å²) >= 11 is 0. The van der Waals surface area contributed by atoms with Crippen LogP contribution in [0.25, 0.3) is 10.4 Å². The lowest BCUT2D eigenvalue weighted by Crippen LogP contribution is -1.92. The predicted molar refractivity (Wildman–Crippen MR) is 58.3 cm³/mol. The molecule has 15 heavy (non-hydrogen) atoms. The SMILES string of the molecule is COc1ccc(C#CCN=[N+]=[N-])cc1N. The number of hydrogen-bond donors (Lipinski definition) is 1. The Kier molecular flexibility index (Phi) is 3.90. The number of anilines is 1. The van der Waals surface area contributed by atoms with E-state index in [-0.39, 0.29) is 6.54 Å². The fourth-order valence-electron chi connectivity index (χ4n) is 1.02. The van der Waals surface area contributed by atoms with Crippen molar-refractivity contribution >= 4 is 5.69 Å². The largest absolute Gasteiger partial charge is 0.495 e. The smallest absolute Gasteiger partial charge is 0.141 e. The first-order valence-corrected chi connectivity index (χ1v) is 4.21. The number of nitrogen functional groups attached to an aromatic ring is 1. The molecule has 0 aliphatic carbocycles. The number of hydrogen-bond acceptors (Lipinski definition) is 3. The normalized spacial score (nSPS) is 8.33. The van der Waals surface area contributed by atoms with Gasteiger partial charge in [0.1, 0.15) is 5.75 Å². The van der Waals surface area contributed by atoms with Gasteiger partial charge in [-0.1, -0.05) is 17.0 Å². The second-order valence-corrected chi connectivity index (χ2v) is 2.65. The van der Waals surface area contributed by atoms with E-state index in [9.17, 15) is 0 Å². The Hall–Kier alpha value is -2.31. The van der Waals surface area contributed by atoms with Crippen molar-refractivity contribution in [2.24, 2.45) is 5.11 Å². The third kappa shape index (κ3) is 3.14. The third-order valence-corrected chi connectivity index (χ3v) is 1.68. The molecule has 0 heterocycles. The molecule has 0 radical (unpaired) electrons. The molecule has 0 aromatic heterocycles. The number of azide groups is 1. The van der Waals surface area contributed by atoms with Gasteiger partial charge in [0.15, 0.2) is 0 Å². The molecule has 0 fully saturated rings. The van der Waals surface area contributed by atoms with Gasteiger partial charge in [-0.2, -0.15) is 0 Å². The fraction of sp³-hybridized carbons (Fsp3) is 0.200. The molecule has 76 valence electrons. The number of benzene rings is 1. The topological polar surface area (TPSA) is 84.0 Å². The molecule has 0 amide bonds. The summed E-state index contributed by atoms with van der Waals surface area (Å²) < 4.78 is 5.00. The Labute approximate surface area is 87.5 Å². The van der Waals surface area contributed by atoms with Gasteiger partial charge >= 0.3 is 0 Å². The van der Waals surface area contributed by atoms with Gasteiger partial charge in [-0.15, -0.1) is 0 Å². The van der Waals surface area contributed by atoms with Gasteiger partial charge in [0.25, 0.3) is 0 Å². The molecule has 0 unspecified atom stereocenters. The molecule has 1 rings (SSSR count). The molecule has 0 atom stereocenters. The van der Waals surface area contributed by atoms with E-state index in [0.717, 1.165) is 5.56 Å². The second kappa shape index (κ2) is 5.43. The van der Waals surface area contributed by atoms with E-state index in [1.165, 1.54) is 0 Å². The molecule has 1 aromatic carbocycles. The maximum Gasteiger partial charge on any atom is 0.141 e. The first kappa shape index (κ1) is 10.8. The Morgan fingerprint density at radius 2 is 2.40 bits per heavy atom. The molecule has 0 spiro atoms. The van der Waals surface area contributed by atoms with Gasteiger partial charge in [0, 0.05) is 10.5 Å². The molecular formula is C10H10N4O. The van der Waals surface area contributed by atoms with Crippen molar-refractivity contribution in [2.75, 3.05) is 19.4 Å². The lowest BCUT2D eigenvalue weighted by molar-refractivity contribution is 0.417. The summed E-state index contributed by atoms with van der Waals surface area (Å²) in [5.74, 6) is 6.14. The molecule has 1 aromatic rings. The summed E-state index contributed by atoms with van der Waals surface area (Å²) in [6.07, 6.45) is 0. The Morgan fingerprint density at radius 3 is 3.00 bits per heavy atom. The highest BCUT2D eigenvalue weighted by molar-refractivity contribution is 5.57. The highest BCUT2D eigenvalue weighted by Crippen LogP contribution is 2.21. The van der Waals surface area contributed by atoms with E-state index in [1.807, 2.05) is 0 Å². The van der Waals surface area contributed by atoms with Crippen LogP contribution in [0.2, 0.25) is 0 Å². The average molecular weight is 202 g/mol. The van der Waals surface area contributed by atoms with Crippen LogP contribution in [0.5, 0.6) is 5.75 Å². The van der Waals surface area contributed by atoms with E-state index < -0.39 is 0 Å². The lowest BCUT2D eigenvalue weighted by Gasteiger charge is -2.03. The van der Waals surface area contributed by atoms with Crippen molar-refractivity contribution in [1.82, 2.24) is 0 Å². The summed E-state index contributed by atoms with van der Waals surface area (Å²) in [7, 11) is 1.55. The first-order valence-electron chi connectivity index (χ1n) is 4.21. The standard InChI is InChI=1S/C10H10N4O/c1-15-10-5-4-8(7-9(10)11)3-2-6-13-14-12/h4-5,7H,6,11H2,1H3. The summed E-state index contributed by atoms with van der Waals surface area (Å²) in [6, 6.07) is 5.24. The van der Waals surface area contributed by atoms with Crippen molar-refractivity contribution in [2.45, 2.75) is 0 Å². The number of ether oxygens (including phenoxy) is 1. The van der Waals surface area contributed by atoms with E-state index in [4.69, 9.17) is 16.0 Å². The Balaban J connectivity index is 2.82. The van der Waals surface area contributed by atoms with Crippen LogP contribution in [-0.2, 0) is 0 Å². The van der Waals surface area contributed by atoms with Crippen LogP contribution in [0.4, 0.5) is 5.69 Å². The number of methoxy groups -OCH3 is 1. The van der Waals surface area contributed by atoms with E-state index >= 15 is 0 Å². The fourth-order valence-corrected chi connectivity index (χ4v) is 1.02. The summed E-state index contributed by atoms with van der Waals surface area (Å²) in [5, 5.41) is 3.29. The quantitative estimate of drug-likeness (QED) is 0.261. The van der Waals surface area contributed by atoms with Gasteiger partial charge in [-0.3, -0.25) is 0 Å². The molecular weight excluding hydrogens is 192 g/mol. The highest BCUT2D eigenvalue weighted by Gasteiger charge is 1.97. The molecule has 0 bridgehead atoms. The van der Waals surface area contributed by atoms with Crippen LogP contribution in [0.1, 0.15) is 5.56 Å². The predicted octanol–water partition coefficient (Wildman–Crippen LogP) is 1.94. The summed E-state index contributed by atoms with van der Waals surface area (Å²) in [5.41, 5.74) is 15.0. The maximum absolute atomic E-state index is 8.03. The van der Waals surface area contributed by atoms with Crippen LogP contribution >= 0.6 is 0 Å². The van der Waals surface area contributed by atoms with Crippen LogP contribution in [0.3, 0.4) is 0 Å². The maximum atomic E-state index is 8.03. The first-order chi connectivity index (χ1) is 7.27. The van der Waals surface area contributed by atoms with Crippen LogP contribution in [0, 0.1) is 11.8 Å². The average Bonchev–Trinajstić information content (AvgIpc) is 2.25. The van der Waals surface area contributed by atoms with E-state index in [0.29, 0.717) is 11.4 Å². The molecule has 5 nitrogen and oxygen atoms in total. The van der Waals surface area contributed by atoms with Gasteiger partial charge in [-0.25, -0.2) is 0 Å². The molecule has 0 aliphatic heterocycles. The minimum absolute atomic E-state index is 0.155. The minimum atomic E-state index is 0.155. The van der Waals surface area contributed by atoms with Crippen molar-refractivity contribution in [3.63, 3.8) is 0 Å². The lowest BCUT2D eigenvalue weighted by atomic mass is 10.2. The van der Waals surface area contributed by atoms with Crippen LogP contribution < -0.4 is 10.5 Å². The van der Waals surface area contributed by atoms with E-state index in [1.54, 1.807) is 25.3 Å². The highest BCUT2D eigenvalue weighted by atomic mass is 16.5. The monoisotopic (exact) mass is 202 g/mol. The number of nitrogens with zero attached hydrogens (tertiary/aromatic N) is 3. The van der Waals surface area contributed by atoms with Gasteiger partial charge in [0.2, 0.25) is 0 Å². The number of rotatable bonds is 2. The van der Waals surface area contributed by atoms with Crippen molar-refractivity contribution in [3.8, 4) is 17.6 Å². The second-order valence-electron chi connectivity index (χ2n) is 2.65. The van der Waals surface area contributed by atoms with Crippen molar-refractivity contribution < 1.29 is 4.74 Å². The zero-order chi connectivity index (χ0) is 11.1. The van der Waals surface area contributed by atoms with Gasteiger partial charge < -0.3 is 10.5 Å². The molecule has 5 heteroatoms. The Bertz CT molecular complexity index is 452. The molecule has 0 saturated carbocycles. The molecule has 2 N–H and O–H groups in total. The number of nitrogens with two attached hydrogens (primary N) is 1. The van der Waals surface area contributed by atoms with Gasteiger partial charge in [0.05, 0.1) is 19.3 Å². The van der Waals surface area contributed by atoms with Crippen LogP contribution in [0.15, 0.2) is 23.3 Å². The molecule has 0 aliphatic rings. The minimum Gasteiger partial charge on any atom is -0.495 e. The van der Waals surface area contributed by atoms with Crippen molar-refractivity contribution in [1.29, 1.82) is 0 Å². The van der Waals surface area contributed by atoms with E-state index in [2.05, 4.69) is 21.9 Å². The zero-order valence-electron chi connectivity index (χ0n) is 8.27. The summed E-state index contributed by atoms with van der Waals surface area (Å²) in [4.78, 5) is 2.59. The zero-order valence-corrected chi connectivity index (χ0v) is 8.27. The van der Waals surface area contributed by atoms with Crippen molar-refractivity contribution in [3.05, 3.63) is 34.2 Å².